The first-order valence-electron chi connectivity index (χ1n) is 9.02. The molecule has 1 aliphatic rings. The van der Waals surface area contributed by atoms with E-state index in [2.05, 4.69) is 39.9 Å². The Balaban J connectivity index is 2.00. The average molecular weight is 359 g/mol. The summed E-state index contributed by atoms with van der Waals surface area (Å²) < 4.78 is 6.35. The van der Waals surface area contributed by atoms with Crippen LogP contribution in [0.1, 0.15) is 44.7 Å². The molecule has 0 spiro atoms. The van der Waals surface area contributed by atoms with E-state index in [1.54, 1.807) is 0 Å². The van der Waals surface area contributed by atoms with Crippen LogP contribution in [0.15, 0.2) is 24.3 Å². The second-order valence-electron chi connectivity index (χ2n) is 8.44. The first-order valence-corrected chi connectivity index (χ1v) is 11.9. The minimum atomic E-state index is -1.80. The van der Waals surface area contributed by atoms with Gasteiger partial charge in [-0.05, 0) is 35.7 Å². The molecular weight excluding hydrogens is 328 g/mol. The van der Waals surface area contributed by atoms with Gasteiger partial charge < -0.3 is 9.33 Å². The lowest BCUT2D eigenvalue weighted by Crippen LogP contribution is -2.45. The first kappa shape index (κ1) is 19.7. The molecule has 0 unspecified atom stereocenters. The number of hydrogen-bond donors (Lipinski definition) is 0. The van der Waals surface area contributed by atoms with Crippen LogP contribution in [0.2, 0.25) is 18.1 Å². The Kier molecular flexibility index (Phi) is 6.07. The smallest absolute Gasteiger partial charge is 0.223 e. The summed E-state index contributed by atoms with van der Waals surface area (Å²) in [5.41, 5.74) is 2.12. The second kappa shape index (κ2) is 7.71. The van der Waals surface area contributed by atoms with Crippen LogP contribution in [0, 0.1) is 11.3 Å². The Morgan fingerprint density at radius 2 is 1.84 bits per heavy atom. The normalized spacial score (nSPS) is 18.5. The van der Waals surface area contributed by atoms with Crippen molar-refractivity contribution in [2.24, 2.45) is 0 Å². The summed E-state index contributed by atoms with van der Waals surface area (Å²) in [6, 6.07) is 10.3. The summed E-state index contributed by atoms with van der Waals surface area (Å²) in [6.45, 7) is 12.5. The lowest BCUT2D eigenvalue weighted by atomic mass is 10.1. The molecule has 2 rings (SSSR count). The zero-order chi connectivity index (χ0) is 18.7. The summed E-state index contributed by atoms with van der Waals surface area (Å²) in [7, 11) is -1.80. The van der Waals surface area contributed by atoms with E-state index >= 15 is 0 Å². The van der Waals surface area contributed by atoms with Crippen molar-refractivity contribution >= 4 is 14.2 Å². The maximum Gasteiger partial charge on any atom is 0.223 e. The van der Waals surface area contributed by atoms with Gasteiger partial charge in [0, 0.05) is 13.0 Å². The van der Waals surface area contributed by atoms with E-state index in [4.69, 9.17) is 9.69 Å². The van der Waals surface area contributed by atoms with Crippen molar-refractivity contribution in [2.75, 3.05) is 6.61 Å². The highest BCUT2D eigenvalue weighted by molar-refractivity contribution is 6.74. The molecule has 0 bridgehead atoms. The van der Waals surface area contributed by atoms with Gasteiger partial charge >= 0.3 is 0 Å². The van der Waals surface area contributed by atoms with Crippen molar-refractivity contribution in [1.29, 1.82) is 5.26 Å². The monoisotopic (exact) mass is 358 g/mol. The fourth-order valence-corrected chi connectivity index (χ4v) is 3.80. The van der Waals surface area contributed by atoms with Gasteiger partial charge in [-0.2, -0.15) is 5.26 Å². The first-order chi connectivity index (χ1) is 11.6. The highest BCUT2D eigenvalue weighted by Gasteiger charge is 2.39. The molecule has 0 saturated carbocycles. The van der Waals surface area contributed by atoms with Crippen molar-refractivity contribution < 1.29 is 9.22 Å². The molecule has 1 amide bonds. The summed E-state index contributed by atoms with van der Waals surface area (Å²) in [6.07, 6.45) is 1.91. The third-order valence-corrected chi connectivity index (χ3v) is 10.1. The molecule has 136 valence electrons. The second-order valence-corrected chi connectivity index (χ2v) is 13.2. The number of benzene rings is 1. The molecule has 1 aromatic carbocycles. The van der Waals surface area contributed by atoms with Crippen LogP contribution in [0.4, 0.5) is 0 Å². The Labute approximate surface area is 152 Å². The van der Waals surface area contributed by atoms with Crippen molar-refractivity contribution in [2.45, 2.75) is 70.8 Å². The maximum absolute atomic E-state index is 12.3. The van der Waals surface area contributed by atoms with Crippen molar-refractivity contribution in [3.8, 4) is 6.07 Å². The molecular formula is C20H30N2O2Si. The molecule has 1 atom stereocenters. The van der Waals surface area contributed by atoms with E-state index in [1.165, 1.54) is 0 Å². The highest BCUT2D eigenvalue weighted by Crippen LogP contribution is 2.37. The van der Waals surface area contributed by atoms with Crippen LogP contribution in [0.25, 0.3) is 0 Å². The molecule has 1 heterocycles. The van der Waals surface area contributed by atoms with Crippen LogP contribution in [0.3, 0.4) is 0 Å². The van der Waals surface area contributed by atoms with E-state index in [1.807, 2.05) is 29.2 Å². The van der Waals surface area contributed by atoms with Crippen LogP contribution >= 0.6 is 0 Å². The molecule has 25 heavy (non-hydrogen) atoms. The Morgan fingerprint density at radius 1 is 1.24 bits per heavy atom. The minimum Gasteiger partial charge on any atom is -0.415 e. The number of amides is 1. The van der Waals surface area contributed by atoms with Crippen molar-refractivity contribution in [3.05, 3.63) is 35.4 Å². The van der Waals surface area contributed by atoms with Gasteiger partial charge in [0.25, 0.3) is 0 Å². The van der Waals surface area contributed by atoms with Gasteiger partial charge in [-0.25, -0.2) is 0 Å². The molecule has 1 aliphatic heterocycles. The molecule has 0 N–H and O–H groups in total. The number of nitriles is 1. The summed E-state index contributed by atoms with van der Waals surface area (Å²) >= 11 is 0. The minimum absolute atomic E-state index is 0.167. The fraction of sp³-hybridized carbons (Fsp3) is 0.600. The third kappa shape index (κ3) is 4.93. The Hall–Kier alpha value is -1.64. The Morgan fingerprint density at radius 3 is 2.40 bits per heavy atom. The van der Waals surface area contributed by atoms with Crippen molar-refractivity contribution in [1.82, 2.24) is 4.90 Å². The number of likely N-dealkylation sites (tertiary alicyclic amines) is 1. The molecule has 1 fully saturated rings. The van der Waals surface area contributed by atoms with Gasteiger partial charge in [0.1, 0.15) is 0 Å². The SMILES string of the molecule is CC(C)(C)[Si](C)(C)OC[C@H]1CCC(=O)N1Cc1ccc(CC#N)cc1. The standard InChI is InChI=1S/C20H30N2O2Si/c1-20(2,3)25(4,5)24-15-18-10-11-19(23)22(18)14-17-8-6-16(7-9-17)12-13-21/h6-9,18H,10-12,14-15H2,1-5H3/t18-/m1/s1. The van der Waals surface area contributed by atoms with E-state index in [0.29, 0.717) is 26.0 Å². The van der Waals surface area contributed by atoms with Gasteiger partial charge in [-0.1, -0.05) is 45.0 Å². The van der Waals surface area contributed by atoms with E-state index in [-0.39, 0.29) is 17.0 Å². The predicted octanol–water partition coefficient (Wildman–Crippen LogP) is 4.27. The largest absolute Gasteiger partial charge is 0.415 e. The maximum atomic E-state index is 12.3. The van der Waals surface area contributed by atoms with Crippen LogP contribution in [0.5, 0.6) is 0 Å². The van der Waals surface area contributed by atoms with Crippen LogP contribution in [-0.4, -0.2) is 31.8 Å². The number of rotatable bonds is 6. The van der Waals surface area contributed by atoms with Gasteiger partial charge in [0.05, 0.1) is 25.1 Å². The molecule has 4 nitrogen and oxygen atoms in total. The lowest BCUT2D eigenvalue weighted by Gasteiger charge is -2.38. The summed E-state index contributed by atoms with van der Waals surface area (Å²) in [5, 5.41) is 8.93. The van der Waals surface area contributed by atoms with Gasteiger partial charge in [-0.3, -0.25) is 4.79 Å². The molecule has 1 saturated heterocycles. The summed E-state index contributed by atoms with van der Waals surface area (Å²) in [5.74, 6) is 0.213. The number of carbonyl (C=O) groups excluding carboxylic acids is 1. The molecule has 0 radical (unpaired) electrons. The lowest BCUT2D eigenvalue weighted by molar-refractivity contribution is -0.130. The van der Waals surface area contributed by atoms with E-state index in [9.17, 15) is 4.79 Å². The number of nitrogens with zero attached hydrogens (tertiary/aromatic N) is 2. The van der Waals surface area contributed by atoms with Gasteiger partial charge in [-0.15, -0.1) is 0 Å². The zero-order valence-corrected chi connectivity index (χ0v) is 17.1. The molecule has 0 aromatic heterocycles. The Bertz CT molecular complexity index is 641. The van der Waals surface area contributed by atoms with Crippen LogP contribution in [-0.2, 0) is 22.2 Å². The van der Waals surface area contributed by atoms with Crippen molar-refractivity contribution in [3.63, 3.8) is 0 Å². The van der Waals surface area contributed by atoms with Crippen LogP contribution < -0.4 is 0 Å². The number of hydrogen-bond acceptors (Lipinski definition) is 3. The molecule has 0 aliphatic carbocycles. The topological polar surface area (TPSA) is 53.3 Å². The van der Waals surface area contributed by atoms with Gasteiger partial charge in [0.15, 0.2) is 8.32 Å². The van der Waals surface area contributed by atoms with Gasteiger partial charge in [0.2, 0.25) is 5.91 Å². The number of carbonyl (C=O) groups is 1. The quantitative estimate of drug-likeness (QED) is 0.714. The third-order valence-electron chi connectivity index (χ3n) is 5.55. The average Bonchev–Trinajstić information content (AvgIpc) is 2.87. The van der Waals surface area contributed by atoms with E-state index < -0.39 is 8.32 Å². The zero-order valence-electron chi connectivity index (χ0n) is 16.1. The highest BCUT2D eigenvalue weighted by atomic mass is 28.4. The fourth-order valence-electron chi connectivity index (χ4n) is 2.76. The molecule has 5 heteroatoms. The molecule has 1 aromatic rings. The summed E-state index contributed by atoms with van der Waals surface area (Å²) in [4.78, 5) is 14.3. The predicted molar refractivity (Wildman–Crippen MR) is 102 cm³/mol. The van der Waals surface area contributed by atoms with E-state index in [0.717, 1.165) is 17.5 Å².